The van der Waals surface area contributed by atoms with Crippen LogP contribution in [0.25, 0.3) is 0 Å². The van der Waals surface area contributed by atoms with E-state index in [-0.39, 0.29) is 0 Å². The van der Waals surface area contributed by atoms with Crippen LogP contribution in [0.15, 0.2) is 12.3 Å². The van der Waals surface area contributed by atoms with Crippen molar-refractivity contribution in [1.29, 1.82) is 0 Å². The highest BCUT2D eigenvalue weighted by atomic mass is 35.5. The van der Waals surface area contributed by atoms with Gasteiger partial charge in [-0.2, -0.15) is 0 Å². The van der Waals surface area contributed by atoms with E-state index in [9.17, 15) is 0 Å². The van der Waals surface area contributed by atoms with Gasteiger partial charge in [-0.05, 0) is 37.3 Å². The van der Waals surface area contributed by atoms with E-state index in [0.717, 1.165) is 30.4 Å². The molecule has 94 valence electrons. The van der Waals surface area contributed by atoms with E-state index in [4.69, 9.17) is 23.2 Å². The van der Waals surface area contributed by atoms with Crippen LogP contribution in [0, 0.1) is 5.92 Å². The maximum absolute atomic E-state index is 6.26. The van der Waals surface area contributed by atoms with E-state index in [1.54, 1.807) is 0 Å². The highest BCUT2D eigenvalue weighted by Gasteiger charge is 2.21. The monoisotopic (exact) mass is 272 g/mol. The second kappa shape index (κ2) is 5.92. The summed E-state index contributed by atoms with van der Waals surface area (Å²) in [7, 11) is 0. The van der Waals surface area contributed by atoms with E-state index in [1.165, 1.54) is 19.3 Å². The Balaban J connectivity index is 2.11. The SMILES string of the molecule is CCN(CC1CCC1)c1ncc(CCl)cc1Cl. The number of rotatable bonds is 5. The first kappa shape index (κ1) is 13.0. The lowest BCUT2D eigenvalue weighted by Gasteiger charge is -2.32. The maximum Gasteiger partial charge on any atom is 0.147 e. The number of hydrogen-bond acceptors (Lipinski definition) is 2. The summed E-state index contributed by atoms with van der Waals surface area (Å²) in [6.07, 6.45) is 5.87. The molecule has 0 aromatic carbocycles. The Morgan fingerprint density at radius 2 is 2.24 bits per heavy atom. The average Bonchev–Trinajstić information content (AvgIpc) is 2.29. The molecule has 1 saturated carbocycles. The van der Waals surface area contributed by atoms with Crippen LogP contribution in [0.2, 0.25) is 5.02 Å². The number of halogens is 2. The number of anilines is 1. The molecule has 0 saturated heterocycles. The van der Waals surface area contributed by atoms with Crippen LogP contribution in [-0.4, -0.2) is 18.1 Å². The van der Waals surface area contributed by atoms with Gasteiger partial charge in [-0.25, -0.2) is 4.98 Å². The van der Waals surface area contributed by atoms with E-state index < -0.39 is 0 Å². The molecule has 4 heteroatoms. The van der Waals surface area contributed by atoms with Crippen molar-refractivity contribution in [2.75, 3.05) is 18.0 Å². The Morgan fingerprint density at radius 1 is 1.47 bits per heavy atom. The molecule has 0 amide bonds. The smallest absolute Gasteiger partial charge is 0.147 e. The molecule has 1 aliphatic rings. The molecule has 1 fully saturated rings. The highest BCUT2D eigenvalue weighted by molar-refractivity contribution is 6.33. The first-order valence-corrected chi connectivity index (χ1v) is 7.11. The zero-order chi connectivity index (χ0) is 12.3. The topological polar surface area (TPSA) is 16.1 Å². The minimum absolute atomic E-state index is 0.460. The van der Waals surface area contributed by atoms with Crippen LogP contribution in [0.1, 0.15) is 31.7 Å². The Kier molecular flexibility index (Phi) is 4.52. The van der Waals surface area contributed by atoms with Gasteiger partial charge < -0.3 is 4.90 Å². The van der Waals surface area contributed by atoms with Crippen LogP contribution in [0.5, 0.6) is 0 Å². The van der Waals surface area contributed by atoms with Crippen LogP contribution in [-0.2, 0) is 5.88 Å². The summed E-state index contributed by atoms with van der Waals surface area (Å²) in [5.74, 6) is 2.18. The molecule has 0 atom stereocenters. The van der Waals surface area contributed by atoms with Gasteiger partial charge in [-0.15, -0.1) is 11.6 Å². The fraction of sp³-hybridized carbons (Fsp3) is 0.615. The third-order valence-corrected chi connectivity index (χ3v) is 4.00. The van der Waals surface area contributed by atoms with Gasteiger partial charge in [0.15, 0.2) is 0 Å². The Labute approximate surface area is 113 Å². The van der Waals surface area contributed by atoms with Gasteiger partial charge in [-0.1, -0.05) is 18.0 Å². The molecule has 1 aromatic heterocycles. The van der Waals surface area contributed by atoms with Gasteiger partial charge in [0.25, 0.3) is 0 Å². The second-order valence-corrected chi connectivity index (χ2v) is 5.29. The molecule has 1 aromatic rings. The van der Waals surface area contributed by atoms with Crippen molar-refractivity contribution in [3.8, 4) is 0 Å². The maximum atomic E-state index is 6.26. The van der Waals surface area contributed by atoms with Gasteiger partial charge in [0, 0.05) is 25.2 Å². The number of aromatic nitrogens is 1. The van der Waals surface area contributed by atoms with Gasteiger partial charge in [-0.3, -0.25) is 0 Å². The number of hydrogen-bond donors (Lipinski definition) is 0. The van der Waals surface area contributed by atoms with Crippen molar-refractivity contribution < 1.29 is 0 Å². The van der Waals surface area contributed by atoms with Gasteiger partial charge >= 0.3 is 0 Å². The standard InChI is InChI=1S/C13H18Cl2N2/c1-2-17(9-10-4-3-5-10)13-12(15)6-11(7-14)8-16-13/h6,8,10H,2-5,7,9H2,1H3. The molecule has 0 aliphatic heterocycles. The molecule has 0 bridgehead atoms. The van der Waals surface area contributed by atoms with Crippen molar-refractivity contribution in [3.05, 3.63) is 22.8 Å². The van der Waals surface area contributed by atoms with Crippen LogP contribution in [0.3, 0.4) is 0 Å². The number of nitrogens with zero attached hydrogens (tertiary/aromatic N) is 2. The van der Waals surface area contributed by atoms with E-state index in [0.29, 0.717) is 10.9 Å². The van der Waals surface area contributed by atoms with E-state index in [1.807, 2.05) is 12.3 Å². The molecule has 2 nitrogen and oxygen atoms in total. The first-order valence-electron chi connectivity index (χ1n) is 6.20. The number of alkyl halides is 1. The van der Waals surface area contributed by atoms with Crippen molar-refractivity contribution >= 4 is 29.0 Å². The van der Waals surface area contributed by atoms with E-state index >= 15 is 0 Å². The Bertz CT molecular complexity index is 378. The summed E-state index contributed by atoms with van der Waals surface area (Å²) in [6.45, 7) is 4.17. The lowest BCUT2D eigenvalue weighted by atomic mass is 9.85. The third-order valence-electron chi connectivity index (χ3n) is 3.42. The molecular formula is C13H18Cl2N2. The zero-order valence-corrected chi connectivity index (χ0v) is 11.6. The highest BCUT2D eigenvalue weighted by Crippen LogP contribution is 2.31. The summed E-state index contributed by atoms with van der Waals surface area (Å²) < 4.78 is 0. The predicted molar refractivity (Wildman–Crippen MR) is 74.0 cm³/mol. The Hall–Kier alpha value is -0.470. The summed E-state index contributed by atoms with van der Waals surface area (Å²) in [5, 5.41) is 0.712. The molecule has 1 aliphatic carbocycles. The summed E-state index contributed by atoms with van der Waals surface area (Å²) in [4.78, 5) is 6.71. The molecule has 1 heterocycles. The minimum atomic E-state index is 0.460. The van der Waals surface area contributed by atoms with Crippen molar-refractivity contribution in [1.82, 2.24) is 4.98 Å². The normalized spacial score (nSPS) is 15.7. The lowest BCUT2D eigenvalue weighted by Crippen LogP contribution is -2.33. The van der Waals surface area contributed by atoms with Crippen LogP contribution < -0.4 is 4.90 Å². The van der Waals surface area contributed by atoms with Gasteiger partial charge in [0.05, 0.1) is 5.02 Å². The van der Waals surface area contributed by atoms with Crippen molar-refractivity contribution in [3.63, 3.8) is 0 Å². The molecule has 0 radical (unpaired) electrons. The van der Waals surface area contributed by atoms with Gasteiger partial charge in [0.1, 0.15) is 5.82 Å². The molecule has 17 heavy (non-hydrogen) atoms. The van der Waals surface area contributed by atoms with Crippen LogP contribution >= 0.6 is 23.2 Å². The first-order chi connectivity index (χ1) is 8.24. The third kappa shape index (κ3) is 3.05. The predicted octanol–water partition coefficient (Wildman–Crippen LogP) is 4.10. The average molecular weight is 273 g/mol. The quantitative estimate of drug-likeness (QED) is 0.751. The molecular weight excluding hydrogens is 255 g/mol. The van der Waals surface area contributed by atoms with Crippen molar-refractivity contribution in [2.45, 2.75) is 32.1 Å². The van der Waals surface area contributed by atoms with E-state index in [2.05, 4.69) is 16.8 Å². The van der Waals surface area contributed by atoms with Crippen molar-refractivity contribution in [2.24, 2.45) is 5.92 Å². The molecule has 0 unspecified atom stereocenters. The molecule has 0 spiro atoms. The summed E-state index contributed by atoms with van der Waals surface area (Å²) >= 11 is 12.0. The largest absolute Gasteiger partial charge is 0.355 e. The second-order valence-electron chi connectivity index (χ2n) is 4.62. The van der Waals surface area contributed by atoms with Crippen LogP contribution in [0.4, 0.5) is 5.82 Å². The minimum Gasteiger partial charge on any atom is -0.355 e. The lowest BCUT2D eigenvalue weighted by molar-refractivity contribution is 0.318. The fourth-order valence-corrected chi connectivity index (χ4v) is 2.58. The Morgan fingerprint density at radius 3 is 2.71 bits per heavy atom. The van der Waals surface area contributed by atoms with Gasteiger partial charge in [0.2, 0.25) is 0 Å². The summed E-state index contributed by atoms with van der Waals surface area (Å²) in [6, 6.07) is 1.92. The molecule has 2 rings (SSSR count). The summed E-state index contributed by atoms with van der Waals surface area (Å²) in [5.41, 5.74) is 0.972. The fourth-order valence-electron chi connectivity index (χ4n) is 2.13. The number of pyridine rings is 1. The molecule has 0 N–H and O–H groups in total. The zero-order valence-electron chi connectivity index (χ0n) is 10.1.